The number of nitrogens with one attached hydrogen (secondary N) is 2. The third-order valence-electron chi connectivity index (χ3n) is 3.44. The van der Waals surface area contributed by atoms with Gasteiger partial charge in [0.2, 0.25) is 5.91 Å². The normalized spacial score (nSPS) is 19.2. The summed E-state index contributed by atoms with van der Waals surface area (Å²) in [6.45, 7) is 0. The number of carbonyl (C=O) groups excluding carboxylic acids is 2. The molecule has 2 N–H and O–H groups in total. The first kappa shape index (κ1) is 16.7. The lowest BCUT2D eigenvalue weighted by atomic mass is 10.3. The van der Waals surface area contributed by atoms with E-state index in [1.807, 2.05) is 12.1 Å². The summed E-state index contributed by atoms with van der Waals surface area (Å²) in [5.41, 5.74) is 0.667. The zero-order valence-corrected chi connectivity index (χ0v) is 14.1. The SMILES string of the molecule is O=C(CSc1nnc2ccccn12)NC(=O)NC1CCS(=O)(=O)C1. The van der Waals surface area contributed by atoms with E-state index in [9.17, 15) is 18.0 Å². The molecular weight excluding hydrogens is 354 g/mol. The van der Waals surface area contributed by atoms with Crippen LogP contribution < -0.4 is 10.6 Å². The smallest absolute Gasteiger partial charge is 0.321 e. The first-order valence-electron chi connectivity index (χ1n) is 7.16. The first-order chi connectivity index (χ1) is 11.4. The molecule has 2 aromatic heterocycles. The van der Waals surface area contributed by atoms with Crippen molar-refractivity contribution in [2.45, 2.75) is 17.6 Å². The zero-order valence-electron chi connectivity index (χ0n) is 12.5. The van der Waals surface area contributed by atoms with Gasteiger partial charge in [0.1, 0.15) is 0 Å². The molecule has 1 aliphatic heterocycles. The maximum absolute atomic E-state index is 11.8. The second-order valence-corrected chi connectivity index (χ2v) is 8.49. The lowest BCUT2D eigenvalue weighted by Gasteiger charge is -2.11. The van der Waals surface area contributed by atoms with Crippen LogP contribution in [0.15, 0.2) is 29.6 Å². The highest BCUT2D eigenvalue weighted by Gasteiger charge is 2.29. The van der Waals surface area contributed by atoms with Crippen molar-refractivity contribution in [2.24, 2.45) is 0 Å². The summed E-state index contributed by atoms with van der Waals surface area (Å²) >= 11 is 1.15. The summed E-state index contributed by atoms with van der Waals surface area (Å²) in [4.78, 5) is 23.5. The number of rotatable bonds is 4. The van der Waals surface area contributed by atoms with Crippen LogP contribution in [0, 0.1) is 0 Å². The third kappa shape index (κ3) is 4.03. The topological polar surface area (TPSA) is 123 Å². The number of hydrogen-bond acceptors (Lipinski definition) is 7. The van der Waals surface area contributed by atoms with Crippen LogP contribution in [0.5, 0.6) is 0 Å². The minimum Gasteiger partial charge on any atom is -0.334 e. The molecule has 3 heterocycles. The van der Waals surface area contributed by atoms with Crippen molar-refractivity contribution in [1.29, 1.82) is 0 Å². The predicted octanol–water partition coefficient (Wildman–Crippen LogP) is -0.166. The highest BCUT2D eigenvalue weighted by atomic mass is 32.2. The fourth-order valence-corrected chi connectivity index (χ4v) is 4.74. The molecule has 1 atom stereocenters. The molecule has 1 aliphatic rings. The van der Waals surface area contributed by atoms with Crippen LogP contribution in [0.2, 0.25) is 0 Å². The molecule has 0 spiro atoms. The summed E-state index contributed by atoms with van der Waals surface area (Å²) < 4.78 is 24.4. The number of nitrogens with zero attached hydrogens (tertiary/aromatic N) is 3. The predicted molar refractivity (Wildman–Crippen MR) is 87.4 cm³/mol. The van der Waals surface area contributed by atoms with Crippen LogP contribution in [0.4, 0.5) is 4.79 Å². The second kappa shape index (κ2) is 6.77. The highest BCUT2D eigenvalue weighted by Crippen LogP contribution is 2.16. The fourth-order valence-electron chi connectivity index (χ4n) is 2.34. The van der Waals surface area contributed by atoms with Gasteiger partial charge in [0.05, 0.1) is 17.3 Å². The lowest BCUT2D eigenvalue weighted by Crippen LogP contribution is -2.45. The van der Waals surface area contributed by atoms with Gasteiger partial charge in [-0.25, -0.2) is 13.2 Å². The molecule has 128 valence electrons. The van der Waals surface area contributed by atoms with E-state index in [1.165, 1.54) is 0 Å². The molecule has 0 bridgehead atoms. The highest BCUT2D eigenvalue weighted by molar-refractivity contribution is 7.99. The molecule has 0 saturated carbocycles. The van der Waals surface area contributed by atoms with E-state index in [1.54, 1.807) is 16.7 Å². The van der Waals surface area contributed by atoms with Gasteiger partial charge in [-0.05, 0) is 18.6 Å². The van der Waals surface area contributed by atoms with Gasteiger partial charge in [-0.15, -0.1) is 10.2 Å². The van der Waals surface area contributed by atoms with E-state index in [0.717, 1.165) is 11.8 Å². The number of carbonyl (C=O) groups is 2. The maximum atomic E-state index is 11.8. The van der Waals surface area contributed by atoms with Gasteiger partial charge in [-0.1, -0.05) is 17.8 Å². The molecule has 0 aliphatic carbocycles. The molecule has 3 rings (SSSR count). The molecule has 3 amide bonds. The van der Waals surface area contributed by atoms with Gasteiger partial charge in [0.25, 0.3) is 0 Å². The van der Waals surface area contributed by atoms with Gasteiger partial charge >= 0.3 is 6.03 Å². The Kier molecular flexibility index (Phi) is 4.71. The molecule has 2 aromatic rings. The molecule has 0 radical (unpaired) electrons. The van der Waals surface area contributed by atoms with Crippen molar-refractivity contribution in [1.82, 2.24) is 25.2 Å². The molecule has 1 saturated heterocycles. The molecule has 1 fully saturated rings. The quantitative estimate of drug-likeness (QED) is 0.718. The minimum absolute atomic E-state index is 0.00786. The number of hydrogen-bond donors (Lipinski definition) is 2. The molecule has 0 aromatic carbocycles. The average molecular weight is 369 g/mol. The fraction of sp³-hybridized carbons (Fsp3) is 0.385. The van der Waals surface area contributed by atoms with Crippen LogP contribution in [0.3, 0.4) is 0 Å². The van der Waals surface area contributed by atoms with Crippen LogP contribution in [0.1, 0.15) is 6.42 Å². The summed E-state index contributed by atoms with van der Waals surface area (Å²) in [6, 6.07) is 4.31. The van der Waals surface area contributed by atoms with Crippen molar-refractivity contribution < 1.29 is 18.0 Å². The van der Waals surface area contributed by atoms with Crippen LogP contribution in [-0.2, 0) is 14.6 Å². The van der Waals surface area contributed by atoms with Gasteiger partial charge in [-0.3, -0.25) is 14.5 Å². The van der Waals surface area contributed by atoms with E-state index in [0.29, 0.717) is 17.2 Å². The van der Waals surface area contributed by atoms with Crippen LogP contribution in [0.25, 0.3) is 5.65 Å². The Bertz CT molecular complexity index is 879. The van der Waals surface area contributed by atoms with E-state index < -0.39 is 27.8 Å². The number of thioether (sulfide) groups is 1. The minimum atomic E-state index is -3.08. The Morgan fingerprint density at radius 3 is 2.92 bits per heavy atom. The first-order valence-corrected chi connectivity index (χ1v) is 9.97. The molecule has 11 heteroatoms. The van der Waals surface area contributed by atoms with Crippen LogP contribution in [-0.4, -0.2) is 58.3 Å². The Morgan fingerprint density at radius 2 is 2.17 bits per heavy atom. The molecule has 24 heavy (non-hydrogen) atoms. The van der Waals surface area contributed by atoms with Gasteiger partial charge in [0, 0.05) is 12.2 Å². The number of sulfone groups is 1. The Hall–Kier alpha value is -2.14. The molecule has 9 nitrogen and oxygen atoms in total. The Balaban J connectivity index is 1.48. The number of amides is 3. The van der Waals surface area contributed by atoms with Crippen LogP contribution >= 0.6 is 11.8 Å². The number of imide groups is 1. The van der Waals surface area contributed by atoms with Crippen molar-refractivity contribution in [3.05, 3.63) is 24.4 Å². The Labute approximate surface area is 142 Å². The lowest BCUT2D eigenvalue weighted by molar-refractivity contribution is -0.117. The molecular formula is C13H15N5O4S2. The Morgan fingerprint density at radius 1 is 1.33 bits per heavy atom. The summed E-state index contributed by atoms with van der Waals surface area (Å²) in [5, 5.41) is 13.2. The van der Waals surface area contributed by atoms with E-state index >= 15 is 0 Å². The number of aromatic nitrogens is 3. The maximum Gasteiger partial charge on any atom is 0.321 e. The number of urea groups is 1. The summed E-state index contributed by atoms with van der Waals surface area (Å²) in [5.74, 6) is -0.533. The zero-order chi connectivity index (χ0) is 17.2. The van der Waals surface area contributed by atoms with E-state index in [2.05, 4.69) is 20.8 Å². The van der Waals surface area contributed by atoms with Gasteiger partial charge in [-0.2, -0.15) is 0 Å². The number of pyridine rings is 1. The van der Waals surface area contributed by atoms with Gasteiger partial charge in [0.15, 0.2) is 20.6 Å². The standard InChI is InChI=1S/C13H15N5O4S2/c19-11(15-12(20)14-9-4-6-24(21,22)8-9)7-23-13-17-16-10-3-1-2-5-18(10)13/h1-3,5,9H,4,6-8H2,(H2,14,15,19,20). The number of fused-ring (bicyclic) bond motifs is 1. The van der Waals surface area contributed by atoms with E-state index in [-0.39, 0.29) is 17.3 Å². The van der Waals surface area contributed by atoms with Gasteiger partial charge < -0.3 is 5.32 Å². The second-order valence-electron chi connectivity index (χ2n) is 5.32. The largest absolute Gasteiger partial charge is 0.334 e. The summed E-state index contributed by atoms with van der Waals surface area (Å²) in [6.07, 6.45) is 2.15. The van der Waals surface area contributed by atoms with E-state index in [4.69, 9.17) is 0 Å². The monoisotopic (exact) mass is 369 g/mol. The average Bonchev–Trinajstić information content (AvgIpc) is 3.08. The van der Waals surface area contributed by atoms with Crippen molar-refractivity contribution in [3.63, 3.8) is 0 Å². The molecule has 1 unspecified atom stereocenters. The summed E-state index contributed by atoms with van der Waals surface area (Å²) in [7, 11) is -3.08. The van der Waals surface area contributed by atoms with Crippen molar-refractivity contribution >= 4 is 39.2 Å². The van der Waals surface area contributed by atoms with Crippen molar-refractivity contribution in [2.75, 3.05) is 17.3 Å². The third-order valence-corrected chi connectivity index (χ3v) is 6.15. The van der Waals surface area contributed by atoms with Crippen molar-refractivity contribution in [3.8, 4) is 0 Å².